The van der Waals surface area contributed by atoms with Crippen molar-refractivity contribution in [3.63, 3.8) is 0 Å². The predicted octanol–water partition coefficient (Wildman–Crippen LogP) is 2.45. The minimum Gasteiger partial charge on any atom is -0.381 e. The van der Waals surface area contributed by atoms with E-state index in [1.807, 2.05) is 0 Å². The lowest BCUT2D eigenvalue weighted by Crippen LogP contribution is -2.29. The predicted molar refractivity (Wildman–Crippen MR) is 95.9 cm³/mol. The molecule has 0 radical (unpaired) electrons. The Kier molecular flexibility index (Phi) is 5.32. The van der Waals surface area contributed by atoms with Crippen molar-refractivity contribution >= 4 is 39.4 Å². The average Bonchev–Trinajstić information content (AvgIpc) is 2.53. The van der Waals surface area contributed by atoms with Crippen LogP contribution >= 0.6 is 17.0 Å². The molecule has 2 aromatic carbocycles. The molecule has 0 amide bonds. The number of H-pyrrole nitrogens is 2. The Morgan fingerprint density at radius 2 is 1.84 bits per heavy atom. The average molecular weight is 411 g/mol. The Morgan fingerprint density at radius 3 is 2.52 bits per heavy atom. The minimum absolute atomic E-state index is 0. The number of nitrogens with zero attached hydrogens (tertiary/aromatic N) is 1. The first kappa shape index (κ1) is 18.3. The second-order valence-electron chi connectivity index (χ2n) is 5.06. The van der Waals surface area contributed by atoms with Gasteiger partial charge in [0, 0.05) is 29.9 Å². The number of anilines is 1. The first-order valence-electron chi connectivity index (χ1n) is 6.87. The molecule has 0 atom stereocenters. The van der Waals surface area contributed by atoms with Crippen molar-refractivity contribution < 1.29 is 9.31 Å². The lowest BCUT2D eigenvalue weighted by molar-refractivity contribution is -0.384. The molecule has 1 aromatic heterocycles. The van der Waals surface area contributed by atoms with Gasteiger partial charge in [-0.1, -0.05) is 6.07 Å². The van der Waals surface area contributed by atoms with Crippen LogP contribution < -0.4 is 16.4 Å². The monoisotopic (exact) mass is 410 g/mol. The molecule has 3 rings (SSSR count). The first-order chi connectivity index (χ1) is 11.4. The first-order valence-corrected chi connectivity index (χ1v) is 6.87. The zero-order chi connectivity index (χ0) is 17.3. The Labute approximate surface area is 149 Å². The molecule has 1 heterocycles. The molecule has 8 nitrogen and oxygen atoms in total. The van der Waals surface area contributed by atoms with Gasteiger partial charge in [-0.2, -0.15) is 0 Å². The summed E-state index contributed by atoms with van der Waals surface area (Å²) < 4.78 is 13.2. The van der Waals surface area contributed by atoms with E-state index in [9.17, 15) is 24.1 Å². The van der Waals surface area contributed by atoms with Crippen LogP contribution in [-0.2, 0) is 6.54 Å². The van der Waals surface area contributed by atoms with Crippen LogP contribution in [0.15, 0.2) is 46.0 Å². The quantitative estimate of drug-likeness (QED) is 0.346. The Balaban J connectivity index is 0.00000225. The number of nitrogens with one attached hydrogen (secondary N) is 3. The fourth-order valence-corrected chi connectivity index (χ4v) is 2.32. The second-order valence-corrected chi connectivity index (χ2v) is 5.06. The Morgan fingerprint density at radius 1 is 1.12 bits per heavy atom. The Bertz CT molecular complexity index is 1060. The topological polar surface area (TPSA) is 121 Å². The van der Waals surface area contributed by atoms with Crippen molar-refractivity contribution in [2.75, 3.05) is 5.32 Å². The SMILES string of the molecule is Br.O=c1[nH]c2cc([N+](=O)[O-])cc(CNc3cccc(F)c3)c2[nH]c1=O. The van der Waals surface area contributed by atoms with E-state index in [1.54, 1.807) is 6.07 Å². The van der Waals surface area contributed by atoms with Crippen LogP contribution in [-0.4, -0.2) is 14.9 Å². The van der Waals surface area contributed by atoms with E-state index in [4.69, 9.17) is 0 Å². The van der Waals surface area contributed by atoms with E-state index in [-0.39, 0.29) is 40.2 Å². The largest absolute Gasteiger partial charge is 0.381 e. The smallest absolute Gasteiger partial charge is 0.314 e. The molecule has 25 heavy (non-hydrogen) atoms. The van der Waals surface area contributed by atoms with E-state index < -0.39 is 21.9 Å². The van der Waals surface area contributed by atoms with E-state index in [0.717, 1.165) is 0 Å². The maximum atomic E-state index is 13.2. The molecule has 130 valence electrons. The highest BCUT2D eigenvalue weighted by Crippen LogP contribution is 2.22. The number of benzene rings is 2. The van der Waals surface area contributed by atoms with E-state index >= 15 is 0 Å². The summed E-state index contributed by atoms with van der Waals surface area (Å²) in [6, 6.07) is 8.15. The molecule has 3 N–H and O–H groups in total. The number of hydrogen-bond donors (Lipinski definition) is 3. The normalized spacial score (nSPS) is 10.3. The highest BCUT2D eigenvalue weighted by molar-refractivity contribution is 8.93. The number of hydrogen-bond acceptors (Lipinski definition) is 5. The van der Waals surface area contributed by atoms with Gasteiger partial charge in [0.15, 0.2) is 0 Å². The molecule has 3 aromatic rings. The van der Waals surface area contributed by atoms with Crippen LogP contribution in [0.5, 0.6) is 0 Å². The van der Waals surface area contributed by atoms with Crippen molar-refractivity contribution in [2.45, 2.75) is 6.54 Å². The number of non-ortho nitro benzene ring substituents is 1. The molecule has 0 bridgehead atoms. The minimum atomic E-state index is -0.896. The van der Waals surface area contributed by atoms with Crippen LogP contribution in [0.2, 0.25) is 0 Å². The number of rotatable bonds is 4. The number of aromatic nitrogens is 2. The van der Waals surface area contributed by atoms with Gasteiger partial charge in [0.25, 0.3) is 5.69 Å². The number of nitro groups is 1. The molecule has 0 saturated carbocycles. The number of fused-ring (bicyclic) bond motifs is 1. The third-order valence-electron chi connectivity index (χ3n) is 3.42. The fraction of sp³-hybridized carbons (Fsp3) is 0.0667. The van der Waals surface area contributed by atoms with Crippen molar-refractivity contribution in [3.05, 3.63) is 78.6 Å². The summed E-state index contributed by atoms with van der Waals surface area (Å²) in [4.78, 5) is 38.1. The van der Waals surface area contributed by atoms with Crippen LogP contribution in [0.4, 0.5) is 15.8 Å². The van der Waals surface area contributed by atoms with Crippen molar-refractivity contribution in [1.29, 1.82) is 0 Å². The highest BCUT2D eigenvalue weighted by Gasteiger charge is 2.14. The van der Waals surface area contributed by atoms with Gasteiger partial charge in [0.1, 0.15) is 5.82 Å². The maximum absolute atomic E-state index is 13.2. The van der Waals surface area contributed by atoms with Gasteiger partial charge in [-0.25, -0.2) is 4.39 Å². The molecular weight excluding hydrogens is 399 g/mol. The molecule has 0 saturated heterocycles. The lowest BCUT2D eigenvalue weighted by atomic mass is 10.1. The molecule has 0 fully saturated rings. The lowest BCUT2D eigenvalue weighted by Gasteiger charge is -2.09. The standard InChI is InChI=1S/C15H11FN4O4.BrH/c16-9-2-1-3-10(5-9)17-7-8-4-11(20(23)24)6-12-13(8)19-15(22)14(21)18-12;/h1-6,17H,7H2,(H,18,21)(H,19,22);1H. The van der Waals surface area contributed by atoms with Gasteiger partial charge in [-0.3, -0.25) is 19.7 Å². The van der Waals surface area contributed by atoms with Crippen LogP contribution in [0, 0.1) is 15.9 Å². The zero-order valence-corrected chi connectivity index (χ0v) is 14.3. The molecule has 0 unspecified atom stereocenters. The maximum Gasteiger partial charge on any atom is 0.314 e. The summed E-state index contributed by atoms with van der Waals surface area (Å²) in [6.45, 7) is 0.0869. The molecule has 0 aliphatic heterocycles. The number of aromatic amines is 2. The molecule has 10 heteroatoms. The van der Waals surface area contributed by atoms with E-state index in [0.29, 0.717) is 11.3 Å². The van der Waals surface area contributed by atoms with Crippen LogP contribution in [0.1, 0.15) is 5.56 Å². The fourth-order valence-electron chi connectivity index (χ4n) is 2.32. The van der Waals surface area contributed by atoms with Crippen molar-refractivity contribution in [1.82, 2.24) is 9.97 Å². The summed E-state index contributed by atoms with van der Waals surface area (Å²) in [6.07, 6.45) is 0. The Hall–Kier alpha value is -3.01. The molecular formula is C15H12BrFN4O4. The summed E-state index contributed by atoms with van der Waals surface area (Å²) in [5.74, 6) is -0.429. The van der Waals surface area contributed by atoms with Gasteiger partial charge in [0.05, 0.1) is 16.0 Å². The van der Waals surface area contributed by atoms with Gasteiger partial charge >= 0.3 is 11.1 Å². The van der Waals surface area contributed by atoms with E-state index in [1.165, 1.54) is 30.3 Å². The number of halogens is 2. The summed E-state index contributed by atoms with van der Waals surface area (Å²) >= 11 is 0. The van der Waals surface area contributed by atoms with Gasteiger partial charge in [0.2, 0.25) is 0 Å². The van der Waals surface area contributed by atoms with Crippen LogP contribution in [0.25, 0.3) is 11.0 Å². The van der Waals surface area contributed by atoms with E-state index in [2.05, 4.69) is 15.3 Å². The van der Waals surface area contributed by atoms with Crippen molar-refractivity contribution in [2.24, 2.45) is 0 Å². The van der Waals surface area contributed by atoms with Gasteiger partial charge < -0.3 is 15.3 Å². The summed E-state index contributed by atoms with van der Waals surface area (Å²) in [7, 11) is 0. The molecule has 0 aliphatic carbocycles. The third kappa shape index (κ3) is 3.91. The zero-order valence-electron chi connectivity index (χ0n) is 12.5. The highest BCUT2D eigenvalue weighted by atomic mass is 79.9. The van der Waals surface area contributed by atoms with Crippen molar-refractivity contribution in [3.8, 4) is 0 Å². The molecule has 0 spiro atoms. The number of nitro benzene ring substituents is 1. The molecule has 0 aliphatic rings. The summed E-state index contributed by atoms with van der Waals surface area (Å²) in [5, 5.41) is 14.0. The van der Waals surface area contributed by atoms with Gasteiger partial charge in [-0.15, -0.1) is 17.0 Å². The van der Waals surface area contributed by atoms with Crippen LogP contribution in [0.3, 0.4) is 0 Å². The van der Waals surface area contributed by atoms with Gasteiger partial charge in [-0.05, 0) is 18.2 Å². The second kappa shape index (κ2) is 7.26. The third-order valence-corrected chi connectivity index (χ3v) is 3.42. The summed E-state index contributed by atoms with van der Waals surface area (Å²) in [5.41, 5.74) is -0.714.